The number of benzene rings is 2. The number of rotatable bonds is 4. The van der Waals surface area contributed by atoms with Crippen molar-refractivity contribution >= 4 is 17.3 Å². The van der Waals surface area contributed by atoms with Crippen LogP contribution in [-0.2, 0) is 6.54 Å². The highest BCUT2D eigenvalue weighted by Crippen LogP contribution is 2.28. The molecule has 0 aliphatic carbocycles. The van der Waals surface area contributed by atoms with Crippen molar-refractivity contribution in [3.8, 4) is 5.75 Å². The molecule has 0 fully saturated rings. The second-order valence-corrected chi connectivity index (χ2v) is 5.13. The molecule has 0 atom stereocenters. The fraction of sp³-hybridized carbons (Fsp3) is 0.250. The van der Waals surface area contributed by atoms with E-state index >= 15 is 0 Å². The molecule has 2 nitrogen and oxygen atoms in total. The molecule has 2 aromatic carbocycles. The Kier molecular flexibility index (Phi) is 4.33. The fourth-order valence-electron chi connectivity index (χ4n) is 2.19. The lowest BCUT2D eigenvalue weighted by molar-refractivity contribution is 0.416. The highest BCUT2D eigenvalue weighted by Gasteiger charge is 2.04. The van der Waals surface area contributed by atoms with Crippen molar-refractivity contribution in [3.63, 3.8) is 0 Å². The summed E-state index contributed by atoms with van der Waals surface area (Å²) in [6.07, 6.45) is 0. The molecule has 0 saturated heterocycles. The van der Waals surface area contributed by atoms with E-state index in [1.165, 1.54) is 16.7 Å². The van der Waals surface area contributed by atoms with Crippen LogP contribution in [0.5, 0.6) is 5.75 Å². The van der Waals surface area contributed by atoms with Gasteiger partial charge in [0.2, 0.25) is 0 Å². The van der Waals surface area contributed by atoms with Crippen molar-refractivity contribution < 1.29 is 4.74 Å². The Morgan fingerprint density at radius 3 is 2.37 bits per heavy atom. The molecule has 0 heterocycles. The van der Waals surface area contributed by atoms with Crippen molar-refractivity contribution in [2.75, 3.05) is 12.4 Å². The topological polar surface area (TPSA) is 21.3 Å². The number of methoxy groups -OCH3 is 1. The first kappa shape index (κ1) is 13.8. The predicted molar refractivity (Wildman–Crippen MR) is 81.2 cm³/mol. The molecule has 100 valence electrons. The Balaban J connectivity index is 2.16. The Morgan fingerprint density at radius 1 is 1.05 bits per heavy atom. The largest absolute Gasteiger partial charge is 0.495 e. The minimum absolute atomic E-state index is 0.698. The number of anilines is 1. The molecule has 0 spiro atoms. The molecular weight excluding hydrogens is 258 g/mol. The van der Waals surface area contributed by atoms with Gasteiger partial charge < -0.3 is 10.1 Å². The molecule has 0 unspecified atom stereocenters. The normalized spacial score (nSPS) is 10.3. The molecule has 0 aliphatic heterocycles. The standard InChI is InChI=1S/C16H18ClNO/c1-11-6-12(2)8-13(7-11)10-18-15-9-14(17)4-5-16(15)19-3/h4-9,18H,10H2,1-3H3. The van der Waals surface area contributed by atoms with Gasteiger partial charge >= 0.3 is 0 Å². The summed E-state index contributed by atoms with van der Waals surface area (Å²) < 4.78 is 5.32. The van der Waals surface area contributed by atoms with E-state index in [4.69, 9.17) is 16.3 Å². The van der Waals surface area contributed by atoms with Gasteiger partial charge in [-0.25, -0.2) is 0 Å². The maximum atomic E-state index is 6.01. The van der Waals surface area contributed by atoms with Crippen molar-refractivity contribution in [1.29, 1.82) is 0 Å². The SMILES string of the molecule is COc1ccc(Cl)cc1NCc1cc(C)cc(C)c1. The van der Waals surface area contributed by atoms with Crippen molar-refractivity contribution in [2.24, 2.45) is 0 Å². The summed E-state index contributed by atoms with van der Waals surface area (Å²) >= 11 is 6.01. The van der Waals surface area contributed by atoms with Gasteiger partial charge in [-0.3, -0.25) is 0 Å². The Labute approximate surface area is 119 Å². The van der Waals surface area contributed by atoms with Gasteiger partial charge in [-0.05, 0) is 37.6 Å². The lowest BCUT2D eigenvalue weighted by atomic mass is 10.1. The van der Waals surface area contributed by atoms with Crippen molar-refractivity contribution in [2.45, 2.75) is 20.4 Å². The molecule has 0 aromatic heterocycles. The molecule has 0 aliphatic rings. The van der Waals surface area contributed by atoms with E-state index in [9.17, 15) is 0 Å². The highest BCUT2D eigenvalue weighted by atomic mass is 35.5. The smallest absolute Gasteiger partial charge is 0.142 e. The number of ether oxygens (including phenoxy) is 1. The van der Waals surface area contributed by atoms with E-state index in [2.05, 4.69) is 37.4 Å². The van der Waals surface area contributed by atoms with Crippen LogP contribution in [0.15, 0.2) is 36.4 Å². The van der Waals surface area contributed by atoms with Crippen LogP contribution in [0.25, 0.3) is 0 Å². The minimum atomic E-state index is 0.698. The predicted octanol–water partition coefficient (Wildman–Crippen LogP) is 4.58. The molecule has 0 radical (unpaired) electrons. The second-order valence-electron chi connectivity index (χ2n) is 4.69. The van der Waals surface area contributed by atoms with Crippen LogP contribution in [-0.4, -0.2) is 7.11 Å². The zero-order valence-corrected chi connectivity index (χ0v) is 12.2. The van der Waals surface area contributed by atoms with Crippen molar-refractivity contribution in [3.05, 3.63) is 58.1 Å². The third kappa shape index (κ3) is 3.65. The van der Waals surface area contributed by atoms with Crippen LogP contribution in [0.3, 0.4) is 0 Å². The summed E-state index contributed by atoms with van der Waals surface area (Å²) in [5, 5.41) is 4.06. The van der Waals surface area contributed by atoms with E-state index in [-0.39, 0.29) is 0 Å². The monoisotopic (exact) mass is 275 g/mol. The average Bonchev–Trinajstić information content (AvgIpc) is 2.35. The zero-order chi connectivity index (χ0) is 13.8. The molecular formula is C16H18ClNO. The van der Waals surface area contributed by atoms with Crippen LogP contribution in [0.2, 0.25) is 5.02 Å². The second kappa shape index (κ2) is 5.98. The van der Waals surface area contributed by atoms with Crippen LogP contribution >= 0.6 is 11.6 Å². The Bertz CT molecular complexity index is 561. The molecule has 0 saturated carbocycles. The quantitative estimate of drug-likeness (QED) is 0.882. The molecule has 2 aromatic rings. The van der Waals surface area contributed by atoms with Crippen molar-refractivity contribution in [1.82, 2.24) is 0 Å². The fourth-order valence-corrected chi connectivity index (χ4v) is 2.36. The lowest BCUT2D eigenvalue weighted by Crippen LogP contribution is -2.02. The van der Waals surface area contributed by atoms with E-state index in [1.807, 2.05) is 18.2 Å². The van der Waals surface area contributed by atoms with Crippen LogP contribution in [0, 0.1) is 13.8 Å². The molecule has 0 bridgehead atoms. The average molecular weight is 276 g/mol. The Morgan fingerprint density at radius 2 is 1.74 bits per heavy atom. The van der Waals surface area contributed by atoms with E-state index in [0.29, 0.717) is 5.02 Å². The number of nitrogens with one attached hydrogen (secondary N) is 1. The number of hydrogen-bond donors (Lipinski definition) is 1. The molecule has 1 N–H and O–H groups in total. The van der Waals surface area contributed by atoms with Gasteiger partial charge in [0.05, 0.1) is 12.8 Å². The Hall–Kier alpha value is -1.67. The summed E-state index contributed by atoms with van der Waals surface area (Å²) in [6.45, 7) is 4.96. The summed E-state index contributed by atoms with van der Waals surface area (Å²) in [5.74, 6) is 0.800. The third-order valence-corrected chi connectivity index (χ3v) is 3.16. The first-order valence-corrected chi connectivity index (χ1v) is 6.61. The first-order chi connectivity index (χ1) is 9.08. The van der Waals surface area contributed by atoms with Gasteiger partial charge in [-0.15, -0.1) is 0 Å². The van der Waals surface area contributed by atoms with Gasteiger partial charge in [0.1, 0.15) is 5.75 Å². The number of aryl methyl sites for hydroxylation is 2. The third-order valence-electron chi connectivity index (χ3n) is 2.93. The van der Waals surface area contributed by atoms with Gasteiger partial charge in [-0.2, -0.15) is 0 Å². The summed E-state index contributed by atoms with van der Waals surface area (Å²) in [4.78, 5) is 0. The van der Waals surface area contributed by atoms with Gasteiger partial charge in [0, 0.05) is 11.6 Å². The van der Waals surface area contributed by atoms with E-state index < -0.39 is 0 Å². The lowest BCUT2D eigenvalue weighted by Gasteiger charge is -2.12. The maximum absolute atomic E-state index is 6.01. The molecule has 19 heavy (non-hydrogen) atoms. The van der Waals surface area contributed by atoms with Gasteiger partial charge in [0.15, 0.2) is 0 Å². The molecule has 2 rings (SSSR count). The van der Waals surface area contributed by atoms with Crippen LogP contribution in [0.1, 0.15) is 16.7 Å². The summed E-state index contributed by atoms with van der Waals surface area (Å²) in [6, 6.07) is 12.1. The minimum Gasteiger partial charge on any atom is -0.495 e. The van der Waals surface area contributed by atoms with Crippen LogP contribution < -0.4 is 10.1 Å². The van der Waals surface area contributed by atoms with E-state index in [0.717, 1.165) is 18.0 Å². The van der Waals surface area contributed by atoms with Crippen LogP contribution in [0.4, 0.5) is 5.69 Å². The molecule has 0 amide bonds. The van der Waals surface area contributed by atoms with Gasteiger partial charge in [0.25, 0.3) is 0 Å². The zero-order valence-electron chi connectivity index (χ0n) is 11.5. The number of hydrogen-bond acceptors (Lipinski definition) is 2. The summed E-state index contributed by atoms with van der Waals surface area (Å²) in [5.41, 5.74) is 4.71. The summed E-state index contributed by atoms with van der Waals surface area (Å²) in [7, 11) is 1.66. The highest BCUT2D eigenvalue weighted by molar-refractivity contribution is 6.30. The van der Waals surface area contributed by atoms with E-state index in [1.54, 1.807) is 7.11 Å². The number of halogens is 1. The molecule has 3 heteroatoms. The van der Waals surface area contributed by atoms with Gasteiger partial charge in [-0.1, -0.05) is 40.9 Å². The maximum Gasteiger partial charge on any atom is 0.142 e. The first-order valence-electron chi connectivity index (χ1n) is 6.23.